The summed E-state index contributed by atoms with van der Waals surface area (Å²) < 4.78 is 65.1. The molecule has 2 fully saturated rings. The van der Waals surface area contributed by atoms with E-state index in [1.807, 2.05) is 72.8 Å². The van der Waals surface area contributed by atoms with Crippen LogP contribution in [0.15, 0.2) is 84.9 Å². The summed E-state index contributed by atoms with van der Waals surface area (Å²) in [5, 5.41) is -1.33. The molecule has 350 valence electrons. The number of thioether (sulfide) groups is 1. The van der Waals surface area contributed by atoms with Gasteiger partial charge in [0.05, 0.1) is 19.0 Å². The number of benzene rings is 3. The Bertz CT molecular complexity index is 2090. The van der Waals surface area contributed by atoms with Gasteiger partial charge in [-0.25, -0.2) is 0 Å². The van der Waals surface area contributed by atoms with Crippen molar-refractivity contribution in [2.45, 2.75) is 114 Å². The van der Waals surface area contributed by atoms with Crippen molar-refractivity contribution >= 4 is 53.5 Å². The molecule has 2 saturated heterocycles. The first-order valence-electron chi connectivity index (χ1n) is 20.5. The Morgan fingerprint density at radius 2 is 0.938 bits per heavy atom. The van der Waals surface area contributed by atoms with E-state index in [1.165, 1.54) is 0 Å². The standard InChI is InChI=1S/C46H52O18S/c1-25(47)55-23-36-38(57-26(2)48)40(59-28(4)50)41(60-29(5)51)45(64-36)65-43-39(58-27(3)49)37(63-44(62-31(7)53)42(43)61-30(6)52)24-56-46(32-15-11-9-12-16-32,33-17-13-10-14-18-33)34-19-21-35(54-8)22-20-34/h9-22,36-45H,23-24H2,1-8H3/t36-,37-,38-,39-,40+,41-,42-,43+,44+,45+/m1/s1. The summed E-state index contributed by atoms with van der Waals surface area (Å²) in [4.78, 5) is 88.7. The van der Waals surface area contributed by atoms with Gasteiger partial charge >= 0.3 is 41.8 Å². The molecule has 2 aliphatic heterocycles. The van der Waals surface area contributed by atoms with Crippen molar-refractivity contribution in [2.24, 2.45) is 0 Å². The van der Waals surface area contributed by atoms with Gasteiger partial charge in [0.2, 0.25) is 6.29 Å². The minimum atomic E-state index is -1.68. The quantitative estimate of drug-likeness (QED) is 0.104. The summed E-state index contributed by atoms with van der Waals surface area (Å²) >= 11 is 0.776. The van der Waals surface area contributed by atoms with E-state index in [-0.39, 0.29) is 0 Å². The second-order valence-electron chi connectivity index (χ2n) is 14.9. The molecule has 0 radical (unpaired) electrons. The summed E-state index contributed by atoms with van der Waals surface area (Å²) in [6, 6.07) is 25.8. The lowest BCUT2D eigenvalue weighted by atomic mass is 9.80. The van der Waals surface area contributed by atoms with Crippen LogP contribution in [-0.2, 0) is 86.5 Å². The molecule has 65 heavy (non-hydrogen) atoms. The topological polar surface area (TPSA) is 221 Å². The highest BCUT2D eigenvalue weighted by Crippen LogP contribution is 2.45. The summed E-state index contributed by atoms with van der Waals surface area (Å²) in [7, 11) is 1.54. The van der Waals surface area contributed by atoms with Gasteiger partial charge in [-0.2, -0.15) is 0 Å². The third-order valence-electron chi connectivity index (χ3n) is 10.0. The number of hydrogen-bond donors (Lipinski definition) is 0. The molecule has 0 aliphatic carbocycles. The second-order valence-corrected chi connectivity index (χ2v) is 16.2. The Morgan fingerprint density at radius 1 is 0.492 bits per heavy atom. The number of hydrogen-bond acceptors (Lipinski definition) is 19. The van der Waals surface area contributed by atoms with Gasteiger partial charge in [0.1, 0.15) is 41.7 Å². The van der Waals surface area contributed by atoms with Crippen molar-refractivity contribution in [1.82, 2.24) is 0 Å². The molecule has 2 heterocycles. The van der Waals surface area contributed by atoms with Crippen LogP contribution in [0.5, 0.6) is 5.75 Å². The maximum atomic E-state index is 13.2. The van der Waals surface area contributed by atoms with Gasteiger partial charge in [-0.05, 0) is 28.8 Å². The first-order valence-corrected chi connectivity index (χ1v) is 21.4. The van der Waals surface area contributed by atoms with Crippen molar-refractivity contribution in [3.63, 3.8) is 0 Å². The van der Waals surface area contributed by atoms with Gasteiger partial charge in [-0.1, -0.05) is 72.8 Å². The van der Waals surface area contributed by atoms with Gasteiger partial charge in [0, 0.05) is 48.5 Å². The zero-order valence-electron chi connectivity index (χ0n) is 37.0. The molecule has 0 aromatic heterocycles. The van der Waals surface area contributed by atoms with Crippen LogP contribution in [0.3, 0.4) is 0 Å². The third kappa shape index (κ3) is 12.8. The van der Waals surface area contributed by atoms with Crippen molar-refractivity contribution < 1.29 is 85.7 Å². The lowest BCUT2D eigenvalue weighted by Crippen LogP contribution is -2.64. The van der Waals surface area contributed by atoms with Crippen LogP contribution in [0.25, 0.3) is 0 Å². The Balaban J connectivity index is 1.69. The average Bonchev–Trinajstić information content (AvgIpc) is 3.24. The van der Waals surface area contributed by atoms with Gasteiger partial charge in [0.15, 0.2) is 24.4 Å². The van der Waals surface area contributed by atoms with Crippen LogP contribution >= 0.6 is 11.8 Å². The first-order chi connectivity index (χ1) is 30.9. The molecule has 10 atom stereocenters. The molecule has 3 aromatic rings. The molecule has 0 amide bonds. The smallest absolute Gasteiger partial charge is 0.305 e. The van der Waals surface area contributed by atoms with Crippen LogP contribution in [0.1, 0.15) is 65.2 Å². The molecule has 19 heteroatoms. The van der Waals surface area contributed by atoms with E-state index in [0.717, 1.165) is 60.2 Å². The SMILES string of the molecule is COc1ccc(C(OC[C@H]2O[C@H](OC(C)=O)[C@H](OC(C)=O)[C@@H](S[C@@H]3O[C@H](COC(C)=O)[C@@H](OC(C)=O)[C@H](OC(C)=O)[C@H]3OC(C)=O)[C@@H]2OC(C)=O)(c2ccccc2)c2ccccc2)cc1. The summed E-state index contributed by atoms with van der Waals surface area (Å²) in [5.74, 6) is -5.24. The van der Waals surface area contributed by atoms with E-state index in [4.69, 9.17) is 52.1 Å². The fourth-order valence-corrected chi connectivity index (χ4v) is 9.26. The highest BCUT2D eigenvalue weighted by atomic mass is 32.2. The monoisotopic (exact) mass is 924 g/mol. The number of methoxy groups -OCH3 is 1. The summed E-state index contributed by atoms with van der Waals surface area (Å²) in [6.45, 7) is 6.78. The largest absolute Gasteiger partial charge is 0.497 e. The molecule has 3 aromatic carbocycles. The van der Waals surface area contributed by atoms with E-state index in [0.29, 0.717) is 22.4 Å². The van der Waals surface area contributed by atoms with E-state index in [2.05, 4.69) is 0 Å². The maximum absolute atomic E-state index is 13.2. The number of rotatable bonds is 17. The zero-order chi connectivity index (χ0) is 47.4. The van der Waals surface area contributed by atoms with Gasteiger partial charge in [0.25, 0.3) is 0 Å². The van der Waals surface area contributed by atoms with Crippen LogP contribution < -0.4 is 4.74 Å². The fraction of sp³-hybridized carbons (Fsp3) is 0.457. The van der Waals surface area contributed by atoms with Gasteiger partial charge in [-0.15, -0.1) is 11.8 Å². The number of carbonyl (C=O) groups excluding carboxylic acids is 7. The highest BCUT2D eigenvalue weighted by Gasteiger charge is 2.58. The van der Waals surface area contributed by atoms with Crippen molar-refractivity contribution in [2.75, 3.05) is 20.3 Å². The molecule has 0 N–H and O–H groups in total. The lowest BCUT2D eigenvalue weighted by Gasteiger charge is -2.48. The van der Waals surface area contributed by atoms with Crippen LogP contribution in [-0.4, -0.2) is 122 Å². The van der Waals surface area contributed by atoms with Crippen LogP contribution in [0, 0.1) is 0 Å². The van der Waals surface area contributed by atoms with Gasteiger partial charge in [-0.3, -0.25) is 33.6 Å². The van der Waals surface area contributed by atoms with E-state index in [1.54, 1.807) is 19.2 Å². The third-order valence-corrected chi connectivity index (χ3v) is 11.5. The first kappa shape index (κ1) is 50.0. The number of carbonyl (C=O) groups is 7. The minimum absolute atomic E-state index is 0.395. The minimum Gasteiger partial charge on any atom is -0.497 e. The molecule has 5 rings (SSSR count). The second kappa shape index (κ2) is 22.7. The maximum Gasteiger partial charge on any atom is 0.305 e. The zero-order valence-corrected chi connectivity index (χ0v) is 37.8. The Morgan fingerprint density at radius 3 is 1.43 bits per heavy atom. The predicted molar refractivity (Wildman–Crippen MR) is 227 cm³/mol. The van der Waals surface area contributed by atoms with E-state index < -0.39 is 120 Å². The summed E-state index contributed by atoms with van der Waals surface area (Å²) in [5.41, 5.74) is -0.817. The molecule has 0 spiro atoms. The average molecular weight is 925 g/mol. The van der Waals surface area contributed by atoms with E-state index >= 15 is 0 Å². The molecule has 0 saturated carbocycles. The van der Waals surface area contributed by atoms with Crippen LogP contribution in [0.2, 0.25) is 0 Å². The molecule has 2 aliphatic rings. The Kier molecular flexibility index (Phi) is 17.5. The highest BCUT2D eigenvalue weighted by molar-refractivity contribution is 8.00. The normalized spacial score (nSPS) is 25.2. The van der Waals surface area contributed by atoms with Crippen LogP contribution in [0.4, 0.5) is 0 Å². The molecular weight excluding hydrogens is 873 g/mol. The van der Waals surface area contributed by atoms with Crippen molar-refractivity contribution in [3.8, 4) is 5.75 Å². The van der Waals surface area contributed by atoms with Crippen molar-refractivity contribution in [3.05, 3.63) is 102 Å². The number of esters is 7. The predicted octanol–water partition coefficient (Wildman–Crippen LogP) is 4.34. The van der Waals surface area contributed by atoms with Gasteiger partial charge < -0.3 is 52.1 Å². The number of ether oxygens (including phenoxy) is 11. The van der Waals surface area contributed by atoms with Crippen molar-refractivity contribution in [1.29, 1.82) is 0 Å². The van der Waals surface area contributed by atoms with E-state index in [9.17, 15) is 33.6 Å². The Hall–Kier alpha value is -6.02. The Labute approximate surface area is 379 Å². The molecule has 18 nitrogen and oxygen atoms in total. The molecular formula is C46H52O18S. The summed E-state index contributed by atoms with van der Waals surface area (Å²) in [6.07, 6.45) is -12.0. The molecule has 0 unspecified atom stereocenters. The lowest BCUT2D eigenvalue weighted by molar-refractivity contribution is -0.272. The molecule has 0 bridgehead atoms. The fourth-order valence-electron chi connectivity index (χ4n) is 7.66.